The number of carbonyl (C=O) groups excluding carboxylic acids is 1. The summed E-state index contributed by atoms with van der Waals surface area (Å²) in [6.07, 6.45) is 66.2. The molecule has 0 heterocycles. The standard InChI is InChI=1S/C54H105NO3/c1-3-5-7-9-11-13-15-17-19-20-21-22-23-24-25-26-27-28-29-30-31-32-33-34-36-37-39-41-43-45-47-49-53(57)52(51-56)55-54(58)50-48-46-44-42-40-38-35-18-16-14-12-10-8-6-4-2/h18,35,47,49,52-53,56-57H,3-17,19-34,36-46,48,50-51H2,1-2H3,(H,55,58)/b35-18-,49-47+. The average molecular weight is 816 g/mol. The Morgan fingerprint density at radius 2 is 0.655 bits per heavy atom. The van der Waals surface area contributed by atoms with Gasteiger partial charge in [0.05, 0.1) is 18.8 Å². The lowest BCUT2D eigenvalue weighted by Crippen LogP contribution is -2.45. The number of allylic oxidation sites excluding steroid dienone is 3. The fourth-order valence-electron chi connectivity index (χ4n) is 8.35. The molecule has 0 rings (SSSR count). The smallest absolute Gasteiger partial charge is 0.220 e. The minimum Gasteiger partial charge on any atom is -0.394 e. The van der Waals surface area contributed by atoms with Gasteiger partial charge in [-0.2, -0.15) is 0 Å². The summed E-state index contributed by atoms with van der Waals surface area (Å²) >= 11 is 0. The fraction of sp³-hybridized carbons (Fsp3) is 0.907. The van der Waals surface area contributed by atoms with Crippen LogP contribution in [0.2, 0.25) is 0 Å². The lowest BCUT2D eigenvalue weighted by atomic mass is 10.0. The molecule has 58 heavy (non-hydrogen) atoms. The molecule has 4 heteroatoms. The number of rotatable bonds is 49. The second-order valence-electron chi connectivity index (χ2n) is 18.3. The molecule has 2 unspecified atom stereocenters. The molecule has 3 N–H and O–H groups in total. The van der Waals surface area contributed by atoms with Crippen molar-refractivity contribution in [2.45, 2.75) is 309 Å². The monoisotopic (exact) mass is 816 g/mol. The van der Waals surface area contributed by atoms with Crippen molar-refractivity contribution >= 4 is 5.91 Å². The molecule has 0 fully saturated rings. The van der Waals surface area contributed by atoms with Gasteiger partial charge >= 0.3 is 0 Å². The van der Waals surface area contributed by atoms with E-state index in [0.29, 0.717) is 6.42 Å². The third kappa shape index (κ3) is 45.9. The van der Waals surface area contributed by atoms with Crippen molar-refractivity contribution in [2.24, 2.45) is 0 Å². The Bertz CT molecular complexity index is 840. The lowest BCUT2D eigenvalue weighted by molar-refractivity contribution is -0.123. The highest BCUT2D eigenvalue weighted by molar-refractivity contribution is 5.76. The predicted molar refractivity (Wildman–Crippen MR) is 258 cm³/mol. The van der Waals surface area contributed by atoms with Gasteiger partial charge < -0.3 is 15.5 Å². The molecule has 0 radical (unpaired) electrons. The molecular formula is C54H105NO3. The molecule has 0 spiro atoms. The summed E-state index contributed by atoms with van der Waals surface area (Å²) in [6, 6.07) is -0.625. The summed E-state index contributed by atoms with van der Waals surface area (Å²) in [5, 5.41) is 23.1. The molecule has 0 aromatic rings. The van der Waals surface area contributed by atoms with Crippen molar-refractivity contribution < 1.29 is 15.0 Å². The summed E-state index contributed by atoms with van der Waals surface area (Å²) in [5.74, 6) is -0.0694. The highest BCUT2D eigenvalue weighted by atomic mass is 16.3. The van der Waals surface area contributed by atoms with Crippen molar-refractivity contribution in [3.63, 3.8) is 0 Å². The normalized spacial score (nSPS) is 13.0. The number of hydrogen-bond acceptors (Lipinski definition) is 3. The molecule has 1 amide bonds. The molecule has 0 aromatic carbocycles. The number of amides is 1. The number of unbranched alkanes of at least 4 members (excludes halogenated alkanes) is 40. The van der Waals surface area contributed by atoms with E-state index in [4.69, 9.17) is 0 Å². The van der Waals surface area contributed by atoms with Gasteiger partial charge in [-0.05, 0) is 44.9 Å². The molecule has 0 aliphatic rings. The molecule has 4 nitrogen and oxygen atoms in total. The van der Waals surface area contributed by atoms with Crippen LogP contribution in [0.1, 0.15) is 296 Å². The summed E-state index contributed by atoms with van der Waals surface area (Å²) < 4.78 is 0. The van der Waals surface area contributed by atoms with E-state index in [2.05, 4.69) is 31.3 Å². The Morgan fingerprint density at radius 3 is 0.948 bits per heavy atom. The summed E-state index contributed by atoms with van der Waals surface area (Å²) in [7, 11) is 0. The van der Waals surface area contributed by atoms with Crippen LogP contribution < -0.4 is 5.32 Å². The molecule has 0 aromatic heterocycles. The Hall–Kier alpha value is -1.13. The Morgan fingerprint density at radius 1 is 0.397 bits per heavy atom. The van der Waals surface area contributed by atoms with Crippen LogP contribution in [-0.2, 0) is 4.79 Å². The first-order valence-electron chi connectivity index (χ1n) is 26.6. The van der Waals surface area contributed by atoms with Crippen molar-refractivity contribution in [1.29, 1.82) is 0 Å². The van der Waals surface area contributed by atoms with Gasteiger partial charge in [-0.1, -0.05) is 269 Å². The van der Waals surface area contributed by atoms with Gasteiger partial charge in [0.25, 0.3) is 0 Å². The van der Waals surface area contributed by atoms with Gasteiger partial charge in [0.1, 0.15) is 0 Å². The quantitative estimate of drug-likeness (QED) is 0.0423. The number of aliphatic hydroxyl groups excluding tert-OH is 2. The molecule has 0 saturated carbocycles. The topological polar surface area (TPSA) is 69.6 Å². The highest BCUT2D eigenvalue weighted by Gasteiger charge is 2.18. The summed E-state index contributed by atoms with van der Waals surface area (Å²) in [5.41, 5.74) is 0. The zero-order valence-corrected chi connectivity index (χ0v) is 39.6. The van der Waals surface area contributed by atoms with Crippen LogP contribution in [-0.4, -0.2) is 34.9 Å². The zero-order chi connectivity index (χ0) is 42.1. The first-order valence-corrected chi connectivity index (χ1v) is 26.6. The van der Waals surface area contributed by atoms with Crippen LogP contribution in [0, 0.1) is 0 Å². The predicted octanol–water partition coefficient (Wildman–Crippen LogP) is 17.1. The number of hydrogen-bond donors (Lipinski definition) is 3. The van der Waals surface area contributed by atoms with Crippen LogP contribution in [0.3, 0.4) is 0 Å². The van der Waals surface area contributed by atoms with E-state index in [0.717, 1.165) is 32.1 Å². The first-order chi connectivity index (χ1) is 28.7. The Kier molecular flexibility index (Phi) is 49.2. The Balaban J connectivity index is 3.44. The third-order valence-electron chi connectivity index (χ3n) is 12.4. The van der Waals surface area contributed by atoms with Crippen molar-refractivity contribution in [3.05, 3.63) is 24.3 Å². The van der Waals surface area contributed by atoms with Gasteiger partial charge in [-0.25, -0.2) is 0 Å². The van der Waals surface area contributed by atoms with Crippen LogP contribution in [0.15, 0.2) is 24.3 Å². The third-order valence-corrected chi connectivity index (χ3v) is 12.4. The minimum absolute atomic E-state index is 0.0694. The van der Waals surface area contributed by atoms with E-state index >= 15 is 0 Å². The van der Waals surface area contributed by atoms with E-state index in [9.17, 15) is 15.0 Å². The van der Waals surface area contributed by atoms with Gasteiger partial charge in [-0.3, -0.25) is 4.79 Å². The minimum atomic E-state index is -0.841. The van der Waals surface area contributed by atoms with E-state index in [1.807, 2.05) is 6.08 Å². The molecule has 0 aliphatic carbocycles. The summed E-state index contributed by atoms with van der Waals surface area (Å²) in [4.78, 5) is 12.4. The zero-order valence-electron chi connectivity index (χ0n) is 39.6. The van der Waals surface area contributed by atoms with Crippen molar-refractivity contribution in [1.82, 2.24) is 5.32 Å². The van der Waals surface area contributed by atoms with E-state index in [1.54, 1.807) is 6.08 Å². The van der Waals surface area contributed by atoms with Crippen LogP contribution in [0.4, 0.5) is 0 Å². The second kappa shape index (κ2) is 50.2. The van der Waals surface area contributed by atoms with Gasteiger partial charge in [-0.15, -0.1) is 0 Å². The highest BCUT2D eigenvalue weighted by Crippen LogP contribution is 2.17. The van der Waals surface area contributed by atoms with E-state index < -0.39 is 12.1 Å². The number of nitrogens with one attached hydrogen (secondary N) is 1. The molecule has 0 saturated heterocycles. The molecule has 344 valence electrons. The maximum Gasteiger partial charge on any atom is 0.220 e. The van der Waals surface area contributed by atoms with Gasteiger partial charge in [0.15, 0.2) is 0 Å². The van der Waals surface area contributed by atoms with Crippen LogP contribution in [0.25, 0.3) is 0 Å². The second-order valence-corrected chi connectivity index (χ2v) is 18.3. The van der Waals surface area contributed by atoms with Gasteiger partial charge in [0.2, 0.25) is 5.91 Å². The lowest BCUT2D eigenvalue weighted by Gasteiger charge is -2.20. The fourth-order valence-corrected chi connectivity index (χ4v) is 8.35. The molecule has 0 bridgehead atoms. The van der Waals surface area contributed by atoms with E-state index in [-0.39, 0.29) is 12.5 Å². The first kappa shape index (κ1) is 56.9. The SMILES string of the molecule is CCCCCCCC/C=C\CCCCCCCC(=O)NC(CO)C(O)/C=C/CCCCCCCCCCCCCCCCCCCCCCCCCCCCCCC. The molecule has 0 aliphatic heterocycles. The van der Waals surface area contributed by atoms with Crippen molar-refractivity contribution in [2.75, 3.05) is 6.61 Å². The number of aliphatic hydroxyl groups is 2. The maximum atomic E-state index is 12.4. The largest absolute Gasteiger partial charge is 0.394 e. The number of carbonyl (C=O) groups is 1. The maximum absolute atomic E-state index is 12.4. The molecular weight excluding hydrogens is 711 g/mol. The van der Waals surface area contributed by atoms with E-state index in [1.165, 1.54) is 244 Å². The van der Waals surface area contributed by atoms with Gasteiger partial charge in [0, 0.05) is 6.42 Å². The van der Waals surface area contributed by atoms with Crippen LogP contribution >= 0.6 is 0 Å². The van der Waals surface area contributed by atoms with Crippen LogP contribution in [0.5, 0.6) is 0 Å². The average Bonchev–Trinajstić information content (AvgIpc) is 3.23. The summed E-state index contributed by atoms with van der Waals surface area (Å²) in [6.45, 7) is 4.32. The Labute approximate surface area is 364 Å². The molecule has 2 atom stereocenters. The van der Waals surface area contributed by atoms with Crippen molar-refractivity contribution in [3.8, 4) is 0 Å².